The summed E-state index contributed by atoms with van der Waals surface area (Å²) in [5, 5.41) is 1.12. The summed E-state index contributed by atoms with van der Waals surface area (Å²) >= 11 is 1.72. The number of anilines is 1. The second-order valence-corrected chi connectivity index (χ2v) is 5.48. The highest BCUT2D eigenvalue weighted by molar-refractivity contribution is 7.98. The maximum Gasteiger partial charge on any atom is 0.144 e. The van der Waals surface area contributed by atoms with Gasteiger partial charge in [0.05, 0.1) is 11.8 Å². The third kappa shape index (κ3) is 2.50. The summed E-state index contributed by atoms with van der Waals surface area (Å²) in [6.45, 7) is 1.96. The second kappa shape index (κ2) is 5.56. The summed E-state index contributed by atoms with van der Waals surface area (Å²) < 4.78 is 5.30. The lowest BCUT2D eigenvalue weighted by Crippen LogP contribution is -2.11. The van der Waals surface area contributed by atoms with Gasteiger partial charge in [0.15, 0.2) is 0 Å². The largest absolute Gasteiger partial charge is 0.468 e. The zero-order valence-corrected chi connectivity index (χ0v) is 11.9. The maximum atomic E-state index is 5.58. The van der Waals surface area contributed by atoms with E-state index in [9.17, 15) is 0 Å². The first-order chi connectivity index (χ1) is 9.78. The van der Waals surface area contributed by atoms with Crippen LogP contribution in [0.25, 0.3) is 10.9 Å². The average molecular weight is 285 g/mol. The first kappa shape index (κ1) is 13.0. The molecule has 3 aromatic rings. The Morgan fingerprint density at radius 2 is 2.15 bits per heavy atom. The van der Waals surface area contributed by atoms with Gasteiger partial charge in [0.1, 0.15) is 11.6 Å². The highest BCUT2D eigenvalue weighted by Crippen LogP contribution is 2.30. The van der Waals surface area contributed by atoms with Crippen molar-refractivity contribution in [2.45, 2.75) is 17.6 Å². The number of nitrogens with two attached hydrogens (primary N) is 1. The monoisotopic (exact) mass is 285 g/mol. The van der Waals surface area contributed by atoms with Crippen LogP contribution < -0.4 is 11.3 Å². The van der Waals surface area contributed by atoms with Gasteiger partial charge in [-0.25, -0.2) is 10.8 Å². The topological polar surface area (TPSA) is 64.1 Å². The molecule has 0 radical (unpaired) electrons. The summed E-state index contributed by atoms with van der Waals surface area (Å²) in [4.78, 5) is 5.68. The Morgan fingerprint density at radius 3 is 2.90 bits per heavy atom. The van der Waals surface area contributed by atoms with E-state index in [4.69, 9.17) is 10.3 Å². The number of thioether (sulfide) groups is 1. The predicted octanol–water partition coefficient (Wildman–Crippen LogP) is 3.71. The molecule has 0 aliphatic carbocycles. The minimum Gasteiger partial charge on any atom is -0.468 e. The van der Waals surface area contributed by atoms with Gasteiger partial charge in [-0.1, -0.05) is 18.2 Å². The maximum absolute atomic E-state index is 5.58. The molecule has 20 heavy (non-hydrogen) atoms. The molecule has 3 N–H and O–H groups in total. The summed E-state index contributed by atoms with van der Waals surface area (Å²) in [6, 6.07) is 12.1. The fraction of sp³-hybridized carbons (Fsp3) is 0.133. The van der Waals surface area contributed by atoms with Gasteiger partial charge < -0.3 is 9.84 Å². The van der Waals surface area contributed by atoms with E-state index in [1.165, 1.54) is 0 Å². The lowest BCUT2D eigenvalue weighted by Gasteiger charge is -2.09. The highest BCUT2D eigenvalue weighted by atomic mass is 32.2. The number of aromatic nitrogens is 1. The fourth-order valence-corrected chi connectivity index (χ4v) is 3.01. The van der Waals surface area contributed by atoms with Gasteiger partial charge >= 0.3 is 0 Å². The quantitative estimate of drug-likeness (QED) is 0.434. The van der Waals surface area contributed by atoms with Crippen LogP contribution in [0.3, 0.4) is 0 Å². The SMILES string of the molecule is Cc1occc1SCc1cc2ccccc2nc1NN. The molecule has 0 amide bonds. The summed E-state index contributed by atoms with van der Waals surface area (Å²) in [5.74, 6) is 8.03. The zero-order valence-electron chi connectivity index (χ0n) is 11.1. The Hall–Kier alpha value is -1.98. The van der Waals surface area contributed by atoms with Crippen molar-refractivity contribution in [1.82, 2.24) is 4.98 Å². The molecule has 102 valence electrons. The molecule has 0 fully saturated rings. The molecule has 1 aromatic carbocycles. The van der Waals surface area contributed by atoms with E-state index in [-0.39, 0.29) is 0 Å². The average Bonchev–Trinajstić information content (AvgIpc) is 2.89. The molecule has 2 aromatic heterocycles. The van der Waals surface area contributed by atoms with Crippen LogP contribution in [0.4, 0.5) is 5.82 Å². The number of hydrogen-bond donors (Lipinski definition) is 2. The van der Waals surface area contributed by atoms with Crippen molar-refractivity contribution in [1.29, 1.82) is 0 Å². The van der Waals surface area contributed by atoms with Crippen molar-refractivity contribution >= 4 is 28.5 Å². The van der Waals surface area contributed by atoms with Crippen LogP contribution >= 0.6 is 11.8 Å². The zero-order chi connectivity index (χ0) is 13.9. The summed E-state index contributed by atoms with van der Waals surface area (Å²) in [6.07, 6.45) is 1.71. The minimum absolute atomic E-state index is 0.720. The van der Waals surface area contributed by atoms with Gasteiger partial charge in [0.2, 0.25) is 0 Å². The van der Waals surface area contributed by atoms with Crippen LogP contribution in [0.5, 0.6) is 0 Å². The number of hydrazine groups is 1. The van der Waals surface area contributed by atoms with Crippen LogP contribution in [0.2, 0.25) is 0 Å². The van der Waals surface area contributed by atoms with Crippen LogP contribution in [-0.2, 0) is 5.75 Å². The minimum atomic E-state index is 0.720. The number of para-hydroxylation sites is 1. The van der Waals surface area contributed by atoms with E-state index in [1.807, 2.05) is 31.2 Å². The number of fused-ring (bicyclic) bond motifs is 1. The van der Waals surface area contributed by atoms with Gasteiger partial charge in [0.25, 0.3) is 0 Å². The van der Waals surface area contributed by atoms with Gasteiger partial charge in [0, 0.05) is 21.6 Å². The molecular weight excluding hydrogens is 270 g/mol. The number of benzene rings is 1. The van der Waals surface area contributed by atoms with Crippen molar-refractivity contribution in [2.75, 3.05) is 5.43 Å². The molecule has 5 heteroatoms. The molecule has 0 aliphatic heterocycles. The van der Waals surface area contributed by atoms with E-state index in [0.29, 0.717) is 0 Å². The molecule has 0 saturated carbocycles. The molecule has 0 bridgehead atoms. The van der Waals surface area contributed by atoms with Crippen LogP contribution in [0.15, 0.2) is 52.0 Å². The Kier molecular flexibility index (Phi) is 3.62. The Labute approximate surface area is 121 Å². The third-order valence-corrected chi connectivity index (χ3v) is 4.32. The Morgan fingerprint density at radius 1 is 1.30 bits per heavy atom. The molecule has 0 atom stereocenters. The lowest BCUT2D eigenvalue weighted by molar-refractivity contribution is 0.527. The number of nitrogens with one attached hydrogen (secondary N) is 1. The van der Waals surface area contributed by atoms with E-state index in [0.717, 1.165) is 38.7 Å². The summed E-state index contributed by atoms with van der Waals surface area (Å²) in [5.41, 5.74) is 4.70. The molecule has 0 aliphatic rings. The van der Waals surface area contributed by atoms with Crippen molar-refractivity contribution in [3.63, 3.8) is 0 Å². The van der Waals surface area contributed by atoms with E-state index < -0.39 is 0 Å². The van der Waals surface area contributed by atoms with Gasteiger partial charge in [-0.2, -0.15) is 0 Å². The van der Waals surface area contributed by atoms with Crippen molar-refractivity contribution in [3.05, 3.63) is 54.0 Å². The molecule has 3 rings (SSSR count). The highest BCUT2D eigenvalue weighted by Gasteiger charge is 2.08. The first-order valence-electron chi connectivity index (χ1n) is 6.30. The Bertz CT molecular complexity index is 739. The number of aryl methyl sites for hydroxylation is 1. The number of nitrogen functional groups attached to an aromatic ring is 1. The third-order valence-electron chi connectivity index (χ3n) is 3.13. The van der Waals surface area contributed by atoms with Crippen LogP contribution in [0, 0.1) is 6.92 Å². The molecule has 2 heterocycles. The number of furan rings is 1. The summed E-state index contributed by atoms with van der Waals surface area (Å²) in [7, 11) is 0. The van der Waals surface area contributed by atoms with Crippen molar-refractivity contribution in [2.24, 2.45) is 5.84 Å². The van der Waals surface area contributed by atoms with Crippen molar-refractivity contribution < 1.29 is 4.42 Å². The normalized spacial score (nSPS) is 10.9. The lowest BCUT2D eigenvalue weighted by atomic mass is 10.1. The Balaban J connectivity index is 1.91. The molecule has 0 saturated heterocycles. The number of hydrogen-bond acceptors (Lipinski definition) is 5. The van der Waals surface area contributed by atoms with Crippen LogP contribution in [0.1, 0.15) is 11.3 Å². The standard InChI is InChI=1S/C15H15N3OS/c1-10-14(6-7-19-10)20-9-12-8-11-4-2-3-5-13(11)17-15(12)18-16/h2-8H,9,16H2,1H3,(H,17,18). The predicted molar refractivity (Wildman–Crippen MR) is 82.6 cm³/mol. The van der Waals surface area contributed by atoms with Gasteiger partial charge in [-0.3, -0.25) is 0 Å². The van der Waals surface area contributed by atoms with Gasteiger partial charge in [-0.05, 0) is 25.1 Å². The molecule has 4 nitrogen and oxygen atoms in total. The van der Waals surface area contributed by atoms with E-state index in [2.05, 4.69) is 22.5 Å². The van der Waals surface area contributed by atoms with Crippen molar-refractivity contribution in [3.8, 4) is 0 Å². The van der Waals surface area contributed by atoms with E-state index >= 15 is 0 Å². The number of pyridine rings is 1. The van der Waals surface area contributed by atoms with Crippen LogP contribution in [-0.4, -0.2) is 4.98 Å². The smallest absolute Gasteiger partial charge is 0.144 e. The van der Waals surface area contributed by atoms with E-state index in [1.54, 1.807) is 18.0 Å². The second-order valence-electron chi connectivity index (χ2n) is 4.46. The molecular formula is C15H15N3OS. The molecule has 0 spiro atoms. The van der Waals surface area contributed by atoms with Gasteiger partial charge in [-0.15, -0.1) is 11.8 Å². The number of rotatable bonds is 4. The fourth-order valence-electron chi connectivity index (χ4n) is 2.07. The molecule has 0 unspecified atom stereocenters. The number of nitrogens with zero attached hydrogens (tertiary/aromatic N) is 1. The first-order valence-corrected chi connectivity index (χ1v) is 7.28.